The highest BCUT2D eigenvalue weighted by molar-refractivity contribution is 5.89. The van der Waals surface area contributed by atoms with Crippen LogP contribution in [0.4, 0.5) is 0 Å². The molecule has 5 aliphatic heterocycles. The molecular formula is C79H95N3O10. The highest BCUT2D eigenvalue weighted by Crippen LogP contribution is 2.64. The summed E-state index contributed by atoms with van der Waals surface area (Å²) in [5.74, 6) is 10.1. The van der Waals surface area contributed by atoms with Crippen LogP contribution < -0.4 is 15.4 Å². The molecule has 4 aliphatic carbocycles. The first-order valence-corrected chi connectivity index (χ1v) is 34.9. The Morgan fingerprint density at radius 1 is 0.826 bits per heavy atom. The van der Waals surface area contributed by atoms with Crippen molar-refractivity contribution in [1.82, 2.24) is 15.2 Å². The normalized spacial score (nSPS) is 26.5. The smallest absolute Gasteiger partial charge is 0.165 e. The van der Waals surface area contributed by atoms with Gasteiger partial charge in [-0.1, -0.05) is 93.5 Å². The van der Waals surface area contributed by atoms with Gasteiger partial charge >= 0.3 is 0 Å². The molecule has 2 fully saturated rings. The summed E-state index contributed by atoms with van der Waals surface area (Å²) in [4.78, 5) is 0. The summed E-state index contributed by atoms with van der Waals surface area (Å²) >= 11 is 0. The maximum absolute atomic E-state index is 12.8. The number of phenolic OH excluding ortho intramolecular Hbond substituents is 3. The van der Waals surface area contributed by atoms with Crippen LogP contribution in [0.15, 0.2) is 108 Å². The molecule has 9 unspecified atom stereocenters. The van der Waals surface area contributed by atoms with E-state index in [-0.39, 0.29) is 103 Å². The number of nitrogens with zero attached hydrogens (tertiary/aromatic N) is 1. The predicted octanol–water partition coefficient (Wildman–Crippen LogP) is 13.2. The van der Waals surface area contributed by atoms with Gasteiger partial charge in [0.2, 0.25) is 0 Å². The first kappa shape index (κ1) is 62.8. The van der Waals surface area contributed by atoms with E-state index in [2.05, 4.69) is 95.8 Å². The lowest BCUT2D eigenvalue weighted by molar-refractivity contribution is -0.193. The van der Waals surface area contributed by atoms with Crippen molar-refractivity contribution in [3.63, 3.8) is 0 Å². The highest BCUT2D eigenvalue weighted by Gasteiger charge is 2.63. The Morgan fingerprint density at radius 3 is 2.50 bits per heavy atom. The molecule has 1 saturated carbocycles. The van der Waals surface area contributed by atoms with E-state index in [0.29, 0.717) is 55.9 Å². The molecule has 8 bridgehead atoms. The number of hydrogen-bond acceptors (Lipinski definition) is 12. The van der Waals surface area contributed by atoms with E-state index >= 15 is 0 Å². The SMILES string of the molecule is CC(C)CC1CC2Cc3c(CO)cc(O)c(c31)OCc1cc(C34c5c6cccc5CCC3C3(CCCCC3)OCC4CC6)cc3cn(cc13)C1=C3COC(CCCC(CCc4ccc(O)c(Cc5cccc(O)c5)c4)C#CC3=CC(NCOCCCCO)N1)CC2O. The van der Waals surface area contributed by atoms with E-state index in [1.54, 1.807) is 24.3 Å². The molecule has 0 amide bonds. The largest absolute Gasteiger partial charge is 0.508 e. The number of ether oxygens (including phenoxy) is 4. The van der Waals surface area contributed by atoms with Crippen LogP contribution in [-0.2, 0) is 64.9 Å². The second kappa shape index (κ2) is 27.0. The Bertz CT molecular complexity index is 3790. The first-order valence-electron chi connectivity index (χ1n) is 34.9. The van der Waals surface area contributed by atoms with Crippen LogP contribution >= 0.6 is 0 Å². The van der Waals surface area contributed by atoms with E-state index < -0.39 is 6.10 Å². The van der Waals surface area contributed by atoms with Crippen molar-refractivity contribution in [1.29, 1.82) is 0 Å². The Balaban J connectivity index is 0.931. The molecule has 5 aromatic carbocycles. The van der Waals surface area contributed by atoms with Crippen LogP contribution in [0, 0.1) is 41.4 Å². The maximum atomic E-state index is 12.8. The average molecular weight is 1250 g/mol. The van der Waals surface area contributed by atoms with Gasteiger partial charge in [0.15, 0.2) is 11.5 Å². The van der Waals surface area contributed by atoms with Crippen molar-refractivity contribution >= 4 is 16.6 Å². The second-order valence-corrected chi connectivity index (χ2v) is 28.8. The lowest BCUT2D eigenvalue weighted by atomic mass is 9.45. The average Bonchev–Trinajstić information content (AvgIpc) is 0.754. The third-order valence-electron chi connectivity index (χ3n) is 22.6. The van der Waals surface area contributed by atoms with Gasteiger partial charge in [0, 0.05) is 76.8 Å². The lowest BCUT2D eigenvalue weighted by Gasteiger charge is -2.63. The number of aliphatic hydroxyl groups excluding tert-OH is 3. The monoisotopic (exact) mass is 1250 g/mol. The fourth-order valence-electron chi connectivity index (χ4n) is 18.4. The quantitative estimate of drug-likeness (QED) is 0.0261. The molecule has 486 valence electrons. The van der Waals surface area contributed by atoms with Gasteiger partial charge in [-0.15, -0.1) is 0 Å². The van der Waals surface area contributed by atoms with Gasteiger partial charge in [0.05, 0.1) is 44.4 Å². The second-order valence-electron chi connectivity index (χ2n) is 28.8. The molecule has 9 aliphatic rings. The molecule has 6 heterocycles. The number of benzene rings is 5. The number of rotatable bonds is 16. The molecule has 8 N–H and O–H groups in total. The van der Waals surface area contributed by atoms with Gasteiger partial charge in [-0.05, 0) is 225 Å². The Morgan fingerprint density at radius 2 is 1.67 bits per heavy atom. The van der Waals surface area contributed by atoms with Crippen LogP contribution in [0.3, 0.4) is 0 Å². The minimum absolute atomic E-state index is 0.0110. The Labute approximate surface area is 543 Å². The van der Waals surface area contributed by atoms with Crippen LogP contribution in [0.1, 0.15) is 184 Å². The fourth-order valence-corrected chi connectivity index (χ4v) is 18.4. The molecule has 6 aromatic rings. The molecular weight excluding hydrogens is 1150 g/mol. The molecule has 92 heavy (non-hydrogen) atoms. The van der Waals surface area contributed by atoms with E-state index in [4.69, 9.17) is 18.9 Å². The zero-order valence-electron chi connectivity index (χ0n) is 54.0. The topological polar surface area (TPSA) is 187 Å². The predicted molar refractivity (Wildman–Crippen MR) is 358 cm³/mol. The van der Waals surface area contributed by atoms with Crippen molar-refractivity contribution in [2.24, 2.45) is 29.6 Å². The number of hydrogen-bond donors (Lipinski definition) is 8. The maximum Gasteiger partial charge on any atom is 0.165 e. The molecule has 1 saturated heterocycles. The highest BCUT2D eigenvalue weighted by atomic mass is 16.5. The number of dihydropyridines is 1. The number of phenols is 3. The van der Waals surface area contributed by atoms with Crippen LogP contribution in [0.5, 0.6) is 23.0 Å². The molecule has 0 radical (unpaired) electrons. The number of aromatic nitrogens is 1. The van der Waals surface area contributed by atoms with E-state index in [1.807, 2.05) is 18.2 Å². The minimum atomic E-state index is -0.712. The summed E-state index contributed by atoms with van der Waals surface area (Å²) in [5, 5.41) is 76.9. The zero-order chi connectivity index (χ0) is 63.1. The molecule has 13 nitrogen and oxygen atoms in total. The van der Waals surface area contributed by atoms with Gasteiger partial charge in [-0.2, -0.15) is 0 Å². The number of aryl methyl sites for hydroxylation is 3. The van der Waals surface area contributed by atoms with Gasteiger partial charge in [0.1, 0.15) is 30.1 Å². The molecule has 13 heteroatoms. The van der Waals surface area contributed by atoms with Crippen LogP contribution in [0.2, 0.25) is 0 Å². The number of unbranched alkanes of at least 4 members (excludes halogenated alkanes) is 1. The molecule has 15 rings (SSSR count). The third kappa shape index (κ3) is 12.3. The summed E-state index contributed by atoms with van der Waals surface area (Å²) in [7, 11) is 0. The van der Waals surface area contributed by atoms with Gasteiger partial charge in [-0.25, -0.2) is 0 Å². The van der Waals surface area contributed by atoms with Crippen LogP contribution in [-0.4, -0.2) is 92.3 Å². The van der Waals surface area contributed by atoms with Gasteiger partial charge in [0.25, 0.3) is 0 Å². The van der Waals surface area contributed by atoms with Crippen LogP contribution in [0.25, 0.3) is 16.6 Å². The summed E-state index contributed by atoms with van der Waals surface area (Å²) in [6.45, 7) is 6.32. The summed E-state index contributed by atoms with van der Waals surface area (Å²) in [5.41, 5.74) is 13.6. The van der Waals surface area contributed by atoms with Crippen molar-refractivity contribution in [3.05, 3.63) is 170 Å². The number of aromatic hydroxyl groups is 3. The Hall–Kier alpha value is -6.60. The van der Waals surface area contributed by atoms with Crippen molar-refractivity contribution in [3.8, 4) is 34.8 Å². The summed E-state index contributed by atoms with van der Waals surface area (Å²) in [6, 6.07) is 26.9. The van der Waals surface area contributed by atoms with E-state index in [9.17, 15) is 30.6 Å². The molecule has 1 spiro atoms. The van der Waals surface area contributed by atoms with E-state index in [1.165, 1.54) is 41.5 Å². The molecule has 1 aromatic heterocycles. The van der Waals surface area contributed by atoms with Gasteiger partial charge < -0.3 is 59.5 Å². The number of aliphatic hydroxyl groups is 3. The first-order chi connectivity index (χ1) is 44.9. The summed E-state index contributed by atoms with van der Waals surface area (Å²) in [6.07, 6.45) is 23.6. The van der Waals surface area contributed by atoms with Gasteiger partial charge in [-0.3, -0.25) is 5.32 Å². The molecule has 9 atom stereocenters. The van der Waals surface area contributed by atoms with E-state index in [0.717, 1.165) is 151 Å². The zero-order valence-corrected chi connectivity index (χ0v) is 54.0. The minimum Gasteiger partial charge on any atom is -0.508 e. The summed E-state index contributed by atoms with van der Waals surface area (Å²) < 4.78 is 30.4. The fraction of sp³-hybridized carbons (Fsp3) is 0.519. The van der Waals surface area contributed by atoms with Crippen molar-refractivity contribution in [2.45, 2.75) is 197 Å². The Kier molecular flexibility index (Phi) is 18.5. The number of fused-ring (bicyclic) bond motifs is 4. The number of nitrogens with one attached hydrogen (secondary N) is 2. The van der Waals surface area contributed by atoms with Crippen molar-refractivity contribution < 1.29 is 49.6 Å². The van der Waals surface area contributed by atoms with Crippen molar-refractivity contribution in [2.75, 3.05) is 33.2 Å². The third-order valence-corrected chi connectivity index (χ3v) is 22.6. The lowest BCUT2D eigenvalue weighted by Crippen LogP contribution is -2.64. The standard InChI is InChI=1S/C79H95N3O10/c1-49(2)31-58-35-57-38-66-60(44-84)39-71(88)76(74(58)66)91-45-61-37-63(79-62-24-22-53-13-10-14-54(75(53)79)23-26-72(79)78(92-46-62)27-4-3-5-28-78)36-59-42-82(43-67(59)61)77-68-47-90-65(41-70(57)87)16-9-11-50(19-21-55(68)40-73(81-77)80-48-89-30-7-6-29-83)17-18-51-20-25-69(86)56(32-51)33-52-12-8-15-64(85)34-52/h8,10,12-15,20,25,32,34,36-37,39-40,42-43,49-50,57-58,62,65,70,72-73,80-81,83-88H,3-7,9,11,16-18,22-24,26-31,33,35,38,41,44-48H2,1-2H3.